The summed E-state index contributed by atoms with van der Waals surface area (Å²) in [6.07, 6.45) is 24.0. The van der Waals surface area contributed by atoms with E-state index in [4.69, 9.17) is 4.74 Å². The molecule has 0 aromatic carbocycles. The highest BCUT2D eigenvalue weighted by atomic mass is 16.5. The van der Waals surface area contributed by atoms with Crippen LogP contribution in [0.25, 0.3) is 0 Å². The monoisotopic (exact) mass is 437 g/mol. The van der Waals surface area contributed by atoms with Crippen molar-refractivity contribution in [1.82, 2.24) is 5.32 Å². The van der Waals surface area contributed by atoms with Crippen molar-refractivity contribution in [2.45, 2.75) is 141 Å². The zero-order chi connectivity index (χ0) is 22.4. The highest BCUT2D eigenvalue weighted by molar-refractivity contribution is 5.69. The molecule has 31 heavy (non-hydrogen) atoms. The topological polar surface area (TPSA) is 55.4 Å². The van der Waals surface area contributed by atoms with Crippen molar-refractivity contribution in [3.05, 3.63) is 0 Å². The average Bonchev–Trinajstić information content (AvgIpc) is 2.79. The number of hydrogen-bond acceptors (Lipinski definition) is 4. The van der Waals surface area contributed by atoms with Gasteiger partial charge in [-0.15, -0.1) is 0 Å². The lowest BCUT2D eigenvalue weighted by Gasteiger charge is -2.23. The fourth-order valence-corrected chi connectivity index (χ4v) is 4.64. The van der Waals surface area contributed by atoms with Crippen LogP contribution >= 0.6 is 0 Å². The van der Waals surface area contributed by atoms with Crippen molar-refractivity contribution < 1.29 is 14.3 Å². The number of rotatable bonds is 21. The molecule has 182 valence electrons. The number of nitrogens with one attached hydrogen (secondary N) is 1. The van der Waals surface area contributed by atoms with Crippen molar-refractivity contribution in [2.75, 3.05) is 13.1 Å². The van der Waals surface area contributed by atoms with Crippen LogP contribution in [0, 0.1) is 5.92 Å². The summed E-state index contributed by atoms with van der Waals surface area (Å²) in [5, 5.41) is 3.40. The minimum Gasteiger partial charge on any atom is -0.462 e. The Labute approximate surface area is 192 Å². The van der Waals surface area contributed by atoms with Crippen LogP contribution in [0.15, 0.2) is 0 Å². The Bertz CT molecular complexity index is 421. The maximum atomic E-state index is 12.5. The average molecular weight is 438 g/mol. The molecule has 1 aliphatic heterocycles. The number of hydrogen-bond donors (Lipinski definition) is 1. The van der Waals surface area contributed by atoms with Crippen LogP contribution in [-0.4, -0.2) is 31.4 Å². The fraction of sp³-hybridized carbons (Fsp3) is 0.926. The minimum atomic E-state index is 0.0281. The van der Waals surface area contributed by atoms with Crippen molar-refractivity contribution >= 4 is 12.3 Å². The first-order valence-electron chi connectivity index (χ1n) is 13.6. The summed E-state index contributed by atoms with van der Waals surface area (Å²) in [7, 11) is 0. The number of esters is 1. The molecule has 1 aliphatic rings. The van der Waals surface area contributed by atoms with Crippen LogP contribution in [0.5, 0.6) is 0 Å². The SMILES string of the molecule is CCCCCCCCCC(CCCCCCCCC=O)OC(=O)CCC1CCNCC1. The molecule has 0 amide bonds. The van der Waals surface area contributed by atoms with Gasteiger partial charge in [-0.2, -0.15) is 0 Å². The van der Waals surface area contributed by atoms with Crippen molar-refractivity contribution in [3.63, 3.8) is 0 Å². The quantitative estimate of drug-likeness (QED) is 0.118. The first-order chi connectivity index (χ1) is 15.3. The van der Waals surface area contributed by atoms with E-state index >= 15 is 0 Å². The lowest BCUT2D eigenvalue weighted by molar-refractivity contribution is -0.150. The Balaban J connectivity index is 2.22. The van der Waals surface area contributed by atoms with E-state index in [9.17, 15) is 9.59 Å². The summed E-state index contributed by atoms with van der Waals surface area (Å²) >= 11 is 0. The van der Waals surface area contributed by atoms with Gasteiger partial charge >= 0.3 is 5.97 Å². The van der Waals surface area contributed by atoms with E-state index < -0.39 is 0 Å². The van der Waals surface area contributed by atoms with E-state index in [0.29, 0.717) is 18.8 Å². The summed E-state index contributed by atoms with van der Waals surface area (Å²) in [6.45, 7) is 4.45. The highest BCUT2D eigenvalue weighted by Crippen LogP contribution is 2.21. The summed E-state index contributed by atoms with van der Waals surface area (Å²) in [6, 6.07) is 0. The number of carbonyl (C=O) groups excluding carboxylic acids is 2. The molecule has 1 saturated heterocycles. The molecule has 0 spiro atoms. The van der Waals surface area contributed by atoms with Crippen molar-refractivity contribution in [2.24, 2.45) is 5.92 Å². The number of carbonyl (C=O) groups is 2. The smallest absolute Gasteiger partial charge is 0.306 e. The van der Waals surface area contributed by atoms with Gasteiger partial charge in [0, 0.05) is 12.8 Å². The second-order valence-corrected chi connectivity index (χ2v) is 9.62. The first-order valence-corrected chi connectivity index (χ1v) is 13.6. The van der Waals surface area contributed by atoms with E-state index in [2.05, 4.69) is 12.2 Å². The molecule has 1 atom stereocenters. The van der Waals surface area contributed by atoms with Crippen molar-refractivity contribution in [3.8, 4) is 0 Å². The van der Waals surface area contributed by atoms with Gasteiger partial charge in [-0.1, -0.05) is 71.1 Å². The van der Waals surface area contributed by atoms with E-state index in [-0.39, 0.29) is 12.1 Å². The number of piperidine rings is 1. The molecule has 0 aliphatic carbocycles. The minimum absolute atomic E-state index is 0.0281. The predicted octanol–water partition coefficient (Wildman–Crippen LogP) is 7.14. The van der Waals surface area contributed by atoms with Gasteiger partial charge in [0.2, 0.25) is 0 Å². The molecule has 0 radical (unpaired) electrons. The van der Waals surface area contributed by atoms with Crippen LogP contribution in [0.3, 0.4) is 0 Å². The third-order valence-electron chi connectivity index (χ3n) is 6.74. The third-order valence-corrected chi connectivity index (χ3v) is 6.74. The molecule has 1 heterocycles. The summed E-state index contributed by atoms with van der Waals surface area (Å²) in [4.78, 5) is 22.8. The van der Waals surface area contributed by atoms with Crippen LogP contribution in [-0.2, 0) is 14.3 Å². The molecule has 4 nitrogen and oxygen atoms in total. The zero-order valence-electron chi connectivity index (χ0n) is 20.5. The molecule has 1 N–H and O–H groups in total. The molecule has 0 aromatic heterocycles. The van der Waals surface area contributed by atoms with Gasteiger partial charge in [0.1, 0.15) is 12.4 Å². The highest BCUT2D eigenvalue weighted by Gasteiger charge is 2.18. The van der Waals surface area contributed by atoms with Crippen LogP contribution in [0.1, 0.15) is 135 Å². The Morgan fingerprint density at radius 3 is 2.00 bits per heavy atom. The molecule has 1 rings (SSSR count). The molecular weight excluding hydrogens is 386 g/mol. The van der Waals surface area contributed by atoms with E-state index in [0.717, 1.165) is 57.9 Å². The van der Waals surface area contributed by atoms with Gasteiger partial charge in [-0.05, 0) is 70.4 Å². The largest absolute Gasteiger partial charge is 0.462 e. The molecule has 0 aromatic rings. The zero-order valence-corrected chi connectivity index (χ0v) is 20.5. The second-order valence-electron chi connectivity index (χ2n) is 9.62. The standard InChI is InChI=1S/C27H51NO3/c1-2-3-4-5-7-10-13-16-26(17-14-11-8-6-9-12-15-24-29)31-27(30)19-18-25-20-22-28-23-21-25/h24-26,28H,2-23H2,1H3. The van der Waals surface area contributed by atoms with Gasteiger partial charge in [-0.25, -0.2) is 0 Å². The number of unbranched alkanes of at least 4 members (excludes halogenated alkanes) is 12. The number of aldehydes is 1. The van der Waals surface area contributed by atoms with Crippen LogP contribution < -0.4 is 5.32 Å². The normalized spacial score (nSPS) is 15.6. The predicted molar refractivity (Wildman–Crippen MR) is 130 cm³/mol. The summed E-state index contributed by atoms with van der Waals surface area (Å²) in [5.41, 5.74) is 0. The van der Waals surface area contributed by atoms with Gasteiger partial charge < -0.3 is 14.8 Å². The third kappa shape index (κ3) is 17.3. The number of ether oxygens (including phenoxy) is 1. The van der Waals surface area contributed by atoms with Crippen molar-refractivity contribution in [1.29, 1.82) is 0 Å². The lowest BCUT2D eigenvalue weighted by Crippen LogP contribution is -2.28. The molecule has 4 heteroatoms. The molecule has 1 unspecified atom stereocenters. The van der Waals surface area contributed by atoms with E-state index in [1.54, 1.807) is 0 Å². The van der Waals surface area contributed by atoms with Gasteiger partial charge in [0.05, 0.1) is 0 Å². The van der Waals surface area contributed by atoms with Gasteiger partial charge in [0.15, 0.2) is 0 Å². The second kappa shape index (κ2) is 21.0. The summed E-state index contributed by atoms with van der Waals surface area (Å²) in [5.74, 6) is 0.718. The Morgan fingerprint density at radius 2 is 1.42 bits per heavy atom. The van der Waals surface area contributed by atoms with Gasteiger partial charge in [-0.3, -0.25) is 4.79 Å². The Kier molecular flexibility index (Phi) is 19.0. The van der Waals surface area contributed by atoms with E-state index in [1.807, 2.05) is 0 Å². The Hall–Kier alpha value is -0.900. The Morgan fingerprint density at radius 1 is 0.871 bits per heavy atom. The molecule has 1 fully saturated rings. The maximum Gasteiger partial charge on any atom is 0.306 e. The molecule has 0 saturated carbocycles. The van der Waals surface area contributed by atoms with Gasteiger partial charge in [0.25, 0.3) is 0 Å². The van der Waals surface area contributed by atoms with Crippen LogP contribution in [0.4, 0.5) is 0 Å². The van der Waals surface area contributed by atoms with E-state index in [1.165, 1.54) is 77.0 Å². The maximum absolute atomic E-state index is 12.5. The van der Waals surface area contributed by atoms with Crippen LogP contribution in [0.2, 0.25) is 0 Å². The fourth-order valence-electron chi connectivity index (χ4n) is 4.64. The lowest BCUT2D eigenvalue weighted by atomic mass is 9.93. The summed E-state index contributed by atoms with van der Waals surface area (Å²) < 4.78 is 5.95. The molecular formula is C27H51NO3. The first kappa shape index (κ1) is 28.1. The molecule has 0 bridgehead atoms.